The third-order valence-corrected chi connectivity index (χ3v) is 15.1. The van der Waals surface area contributed by atoms with Crippen molar-refractivity contribution in [2.24, 2.45) is 17.3 Å². The molecule has 1 heterocycles. The van der Waals surface area contributed by atoms with Gasteiger partial charge in [0.15, 0.2) is 0 Å². The molecule has 15 heteroatoms. The number of hydrogen-bond acceptors (Lipinski definition) is 8. The molecule has 3 saturated carbocycles. The maximum absolute atomic E-state index is 13.7. The highest BCUT2D eigenvalue weighted by molar-refractivity contribution is 9.09. The molecule has 1 saturated heterocycles. The first-order valence-corrected chi connectivity index (χ1v) is 26.9. The fraction of sp³-hybridized carbons (Fsp3) is 0.784. The Balaban J connectivity index is 1.23. The van der Waals surface area contributed by atoms with E-state index in [4.69, 9.17) is 14.0 Å². The van der Waals surface area contributed by atoms with Gasteiger partial charge in [-0.3, -0.25) is 19.2 Å². The number of unbranched alkanes of at least 4 members (excludes halogenated alkanes) is 14. The third kappa shape index (κ3) is 17.7. The molecular weight excluding hydrogens is 901 g/mol. The van der Waals surface area contributed by atoms with Crippen molar-refractivity contribution in [1.29, 1.82) is 0 Å². The summed E-state index contributed by atoms with van der Waals surface area (Å²) in [6.45, 7) is 12.7. The molecule has 1 aliphatic heterocycles. The molecule has 5 rings (SSSR count). The van der Waals surface area contributed by atoms with Crippen molar-refractivity contribution in [3.05, 3.63) is 35.9 Å². The summed E-state index contributed by atoms with van der Waals surface area (Å²) in [5, 5.41) is 15.2. The van der Waals surface area contributed by atoms with Crippen LogP contribution in [-0.4, -0.2) is 84.5 Å². The molecule has 0 spiro atoms. The van der Waals surface area contributed by atoms with Crippen LogP contribution < -0.4 is 26.6 Å². The van der Waals surface area contributed by atoms with E-state index in [0.29, 0.717) is 50.5 Å². The van der Waals surface area contributed by atoms with Gasteiger partial charge in [-0.2, -0.15) is 0 Å². The summed E-state index contributed by atoms with van der Waals surface area (Å²) < 4.78 is 18.6. The number of ether oxygens (including phenoxy) is 1. The molecule has 8 atom stereocenters. The minimum atomic E-state index is -0.983. The van der Waals surface area contributed by atoms with Gasteiger partial charge in [0, 0.05) is 18.3 Å². The van der Waals surface area contributed by atoms with Crippen LogP contribution >= 0.6 is 15.9 Å². The van der Waals surface area contributed by atoms with Gasteiger partial charge in [-0.15, -0.1) is 0 Å². The Morgan fingerprint density at radius 3 is 1.94 bits per heavy atom. The molecule has 4 fully saturated rings. The summed E-state index contributed by atoms with van der Waals surface area (Å²) in [5.41, 5.74) is 0.669. The van der Waals surface area contributed by atoms with Crippen LogP contribution in [0, 0.1) is 17.3 Å². The predicted molar refractivity (Wildman–Crippen MR) is 266 cm³/mol. The summed E-state index contributed by atoms with van der Waals surface area (Å²) in [4.78, 5) is 66.3. The van der Waals surface area contributed by atoms with E-state index in [2.05, 4.69) is 70.2 Å². The Hall–Kier alpha value is -3.17. The quantitative estimate of drug-likeness (QED) is 0.0263. The number of alkyl halides is 1. The number of carbonyl (C=O) groups excluding carboxylic acids is 5. The number of halogens is 1. The van der Waals surface area contributed by atoms with Gasteiger partial charge in [0.2, 0.25) is 23.6 Å². The van der Waals surface area contributed by atoms with Crippen molar-refractivity contribution in [1.82, 2.24) is 26.6 Å². The lowest BCUT2D eigenvalue weighted by atomic mass is 9.43. The molecule has 0 radical (unpaired) electrons. The van der Waals surface area contributed by atoms with E-state index >= 15 is 0 Å². The molecule has 1 aromatic rings. The van der Waals surface area contributed by atoms with E-state index in [1.165, 1.54) is 57.8 Å². The van der Waals surface area contributed by atoms with Crippen LogP contribution in [0.2, 0.25) is 0 Å². The lowest BCUT2D eigenvalue weighted by Crippen LogP contribution is -2.65. The number of alkyl carbamates (subject to hydrolysis) is 1. The van der Waals surface area contributed by atoms with Crippen molar-refractivity contribution in [2.75, 3.05) is 11.9 Å². The topological polar surface area (TPSA) is 173 Å². The van der Waals surface area contributed by atoms with E-state index in [1.54, 1.807) is 13.8 Å². The molecular formula is C51H85BBrN5O8. The molecule has 5 N–H and O–H groups in total. The molecule has 0 unspecified atom stereocenters. The van der Waals surface area contributed by atoms with E-state index in [9.17, 15) is 24.0 Å². The van der Waals surface area contributed by atoms with Crippen molar-refractivity contribution in [3.63, 3.8) is 0 Å². The standard InChI is InChI=1S/C51H85BBrN5O8/c1-7-8-9-10-11-12-13-14-15-16-17-18-22-31-45(59)57-41(29-24-26-33-54-49(63)64-36-39-27-20-19-21-28-39)48(62)56-37(2)46(60)55-38(3)47(61)58-44(30-23-25-32-53)52-65-43-35-40-34-42(50(40,4)5)51(43,6)66-52/h19-21,27-28,37-38,40-44H,7-18,22-26,29-36H2,1-6H3,(H,54,63)(H,55,60)(H,56,62)(H,57,59)(H,58,61)/t37-,38-,40-,41-,42-,43+,44-,51-/m0/s1. The zero-order valence-corrected chi connectivity index (χ0v) is 42.9. The van der Waals surface area contributed by atoms with E-state index in [0.717, 1.165) is 62.3 Å². The Morgan fingerprint density at radius 2 is 1.32 bits per heavy atom. The SMILES string of the molecule is CCCCCCCCCCCCCCCC(=O)N[C@@H](CCCCNC(=O)OCc1ccccc1)C(=O)N[C@@H](C)C(=O)N[C@@H](C)C(=O)N[C@@H](CCCCBr)B1O[C@@H]2C[C@@H]3C[C@@H](C3(C)C)[C@]2(C)O1. The number of nitrogens with one attached hydrogen (secondary N) is 5. The normalized spacial score (nSPS) is 22.2. The summed E-state index contributed by atoms with van der Waals surface area (Å²) in [6.07, 6.45) is 21.4. The summed E-state index contributed by atoms with van der Waals surface area (Å²) in [5.74, 6) is -0.977. The molecule has 1 aromatic carbocycles. The van der Waals surface area contributed by atoms with Crippen LogP contribution in [0.3, 0.4) is 0 Å². The lowest BCUT2D eigenvalue weighted by molar-refractivity contribution is -0.199. The first-order chi connectivity index (χ1) is 31.7. The van der Waals surface area contributed by atoms with Gasteiger partial charge >= 0.3 is 13.2 Å². The molecule has 2 bridgehead atoms. The molecule has 66 heavy (non-hydrogen) atoms. The first kappa shape index (κ1) is 55.4. The average Bonchev–Trinajstić information content (AvgIpc) is 3.66. The Labute approximate surface area is 405 Å². The highest BCUT2D eigenvalue weighted by Gasteiger charge is 2.68. The van der Waals surface area contributed by atoms with Gasteiger partial charge in [-0.05, 0) is 95.0 Å². The van der Waals surface area contributed by atoms with Gasteiger partial charge in [-0.25, -0.2) is 4.79 Å². The first-order valence-electron chi connectivity index (χ1n) is 25.7. The number of benzene rings is 1. The van der Waals surface area contributed by atoms with Crippen LogP contribution in [0.1, 0.15) is 188 Å². The van der Waals surface area contributed by atoms with Crippen molar-refractivity contribution >= 4 is 52.8 Å². The Bertz CT molecular complexity index is 1640. The van der Waals surface area contributed by atoms with Crippen LogP contribution in [0.5, 0.6) is 0 Å². The second kappa shape index (κ2) is 29.0. The second-order valence-corrected chi connectivity index (χ2v) is 21.0. The van der Waals surface area contributed by atoms with E-state index < -0.39 is 54.7 Å². The predicted octanol–water partition coefficient (Wildman–Crippen LogP) is 9.38. The number of hydrogen-bond donors (Lipinski definition) is 5. The number of rotatable bonds is 33. The highest BCUT2D eigenvalue weighted by Crippen LogP contribution is 2.65. The number of amides is 5. The number of carbonyl (C=O) groups is 5. The Kier molecular flexibility index (Phi) is 24.4. The zero-order chi connectivity index (χ0) is 48.0. The fourth-order valence-corrected chi connectivity index (χ4v) is 10.6. The van der Waals surface area contributed by atoms with Gasteiger partial charge in [-0.1, -0.05) is 151 Å². The van der Waals surface area contributed by atoms with Gasteiger partial charge in [0.25, 0.3) is 0 Å². The van der Waals surface area contributed by atoms with Crippen LogP contribution in [0.15, 0.2) is 30.3 Å². The minimum absolute atomic E-state index is 0.0186. The van der Waals surface area contributed by atoms with Gasteiger partial charge in [0.05, 0.1) is 17.6 Å². The third-order valence-electron chi connectivity index (χ3n) is 14.6. The molecule has 13 nitrogen and oxygen atoms in total. The molecule has 4 aliphatic rings. The van der Waals surface area contributed by atoms with Crippen LogP contribution in [0.25, 0.3) is 0 Å². The summed E-state index contributed by atoms with van der Waals surface area (Å²) >= 11 is 3.52. The summed E-state index contributed by atoms with van der Waals surface area (Å²) in [6, 6.07) is 6.66. The van der Waals surface area contributed by atoms with Crippen molar-refractivity contribution < 1.29 is 38.0 Å². The highest BCUT2D eigenvalue weighted by atomic mass is 79.9. The van der Waals surface area contributed by atoms with E-state index in [-0.39, 0.29) is 29.9 Å². The van der Waals surface area contributed by atoms with Gasteiger partial charge in [0.1, 0.15) is 24.7 Å². The molecule has 3 aliphatic carbocycles. The molecule has 0 aromatic heterocycles. The monoisotopic (exact) mass is 986 g/mol. The molecule has 372 valence electrons. The average molecular weight is 987 g/mol. The second-order valence-electron chi connectivity index (χ2n) is 20.2. The molecule has 5 amide bonds. The lowest BCUT2D eigenvalue weighted by Gasteiger charge is -2.64. The van der Waals surface area contributed by atoms with Crippen LogP contribution in [0.4, 0.5) is 4.79 Å². The summed E-state index contributed by atoms with van der Waals surface area (Å²) in [7, 11) is -0.587. The smallest absolute Gasteiger partial charge is 0.445 e. The minimum Gasteiger partial charge on any atom is -0.445 e. The van der Waals surface area contributed by atoms with Gasteiger partial charge < -0.3 is 40.6 Å². The maximum Gasteiger partial charge on any atom is 0.481 e. The maximum atomic E-state index is 13.7. The largest absolute Gasteiger partial charge is 0.481 e. The Morgan fingerprint density at radius 1 is 0.727 bits per heavy atom. The zero-order valence-electron chi connectivity index (χ0n) is 41.3. The fourth-order valence-electron chi connectivity index (χ4n) is 10.2. The van der Waals surface area contributed by atoms with Crippen molar-refractivity contribution in [3.8, 4) is 0 Å². The van der Waals surface area contributed by atoms with Crippen molar-refractivity contribution in [2.45, 2.75) is 225 Å². The van der Waals surface area contributed by atoms with Crippen LogP contribution in [-0.2, 0) is 39.8 Å². The van der Waals surface area contributed by atoms with E-state index in [1.807, 2.05) is 30.3 Å².